The molecule has 0 aliphatic carbocycles. The summed E-state index contributed by atoms with van der Waals surface area (Å²) in [6.45, 7) is 0.376. The van der Waals surface area contributed by atoms with Crippen molar-refractivity contribution in [2.45, 2.75) is 6.42 Å². The summed E-state index contributed by atoms with van der Waals surface area (Å²) in [6.07, 6.45) is 0.592. The second kappa shape index (κ2) is 5.49. The summed E-state index contributed by atoms with van der Waals surface area (Å²) in [4.78, 5) is 24.3. The van der Waals surface area contributed by atoms with Crippen molar-refractivity contribution in [1.29, 1.82) is 0 Å². The van der Waals surface area contributed by atoms with E-state index in [0.29, 0.717) is 23.1 Å². The molecule has 22 heavy (non-hydrogen) atoms. The molecule has 7 heteroatoms. The van der Waals surface area contributed by atoms with E-state index in [-0.39, 0.29) is 11.3 Å². The van der Waals surface area contributed by atoms with Crippen LogP contribution in [0.15, 0.2) is 40.9 Å². The van der Waals surface area contributed by atoms with Crippen molar-refractivity contribution in [1.82, 2.24) is 0 Å². The van der Waals surface area contributed by atoms with Gasteiger partial charge in [0.1, 0.15) is 5.82 Å². The third kappa shape index (κ3) is 2.48. The zero-order chi connectivity index (χ0) is 15.9. The van der Waals surface area contributed by atoms with Crippen LogP contribution in [0.5, 0.6) is 0 Å². The first-order valence-electron chi connectivity index (χ1n) is 6.51. The molecule has 5 nitrogen and oxygen atoms in total. The number of nitro benzene ring substituents is 1. The van der Waals surface area contributed by atoms with Gasteiger partial charge in [0, 0.05) is 23.2 Å². The monoisotopic (exact) mass is 364 g/mol. The number of carbonyl (C=O) groups excluding carboxylic acids is 1. The van der Waals surface area contributed by atoms with Crippen LogP contribution in [0.2, 0.25) is 0 Å². The maximum Gasteiger partial charge on any atom is 0.271 e. The third-order valence-corrected chi connectivity index (χ3v) is 4.07. The average molecular weight is 365 g/mol. The number of rotatable bonds is 2. The fourth-order valence-corrected chi connectivity index (χ4v) is 2.86. The van der Waals surface area contributed by atoms with Gasteiger partial charge in [-0.25, -0.2) is 4.39 Å². The van der Waals surface area contributed by atoms with Crippen LogP contribution in [-0.2, 0) is 6.42 Å². The number of carbonyl (C=O) groups is 1. The lowest BCUT2D eigenvalue weighted by atomic mass is 10.1. The molecular weight excluding hydrogens is 355 g/mol. The number of nitro groups is 1. The minimum Gasteiger partial charge on any atom is -0.307 e. The van der Waals surface area contributed by atoms with Gasteiger partial charge in [0.05, 0.1) is 16.2 Å². The number of halogens is 2. The Morgan fingerprint density at radius 2 is 2.05 bits per heavy atom. The van der Waals surface area contributed by atoms with Crippen molar-refractivity contribution in [3.8, 4) is 0 Å². The number of non-ortho nitro benzene ring substituents is 1. The van der Waals surface area contributed by atoms with E-state index < -0.39 is 16.6 Å². The SMILES string of the molecule is O=C(c1cc(Br)ccc1F)N1CCc2ccc([N+](=O)[O-])cc21. The first kappa shape index (κ1) is 14.6. The summed E-state index contributed by atoms with van der Waals surface area (Å²) in [6, 6.07) is 8.53. The Hall–Kier alpha value is -2.28. The van der Waals surface area contributed by atoms with Gasteiger partial charge in [-0.1, -0.05) is 22.0 Å². The maximum absolute atomic E-state index is 13.9. The molecule has 0 fully saturated rings. The van der Waals surface area contributed by atoms with Gasteiger partial charge in [0.25, 0.3) is 11.6 Å². The van der Waals surface area contributed by atoms with Crippen molar-refractivity contribution >= 4 is 33.2 Å². The van der Waals surface area contributed by atoms with Crippen LogP contribution in [0.25, 0.3) is 0 Å². The molecule has 0 saturated heterocycles. The van der Waals surface area contributed by atoms with E-state index in [0.717, 1.165) is 5.56 Å². The topological polar surface area (TPSA) is 63.5 Å². The molecule has 0 bridgehead atoms. The molecule has 2 aromatic carbocycles. The lowest BCUT2D eigenvalue weighted by Gasteiger charge is -2.17. The highest BCUT2D eigenvalue weighted by Crippen LogP contribution is 2.33. The zero-order valence-electron chi connectivity index (χ0n) is 11.3. The van der Waals surface area contributed by atoms with Crippen LogP contribution >= 0.6 is 15.9 Å². The highest BCUT2D eigenvalue weighted by atomic mass is 79.9. The molecule has 2 aromatic rings. The lowest BCUT2D eigenvalue weighted by Crippen LogP contribution is -2.29. The fraction of sp³-hybridized carbons (Fsp3) is 0.133. The van der Waals surface area contributed by atoms with E-state index in [4.69, 9.17) is 0 Å². The van der Waals surface area contributed by atoms with E-state index in [1.54, 1.807) is 6.07 Å². The average Bonchev–Trinajstić information content (AvgIpc) is 2.92. The molecular formula is C15H10BrFN2O3. The van der Waals surface area contributed by atoms with Gasteiger partial charge in [0.2, 0.25) is 0 Å². The molecule has 0 radical (unpaired) electrons. The maximum atomic E-state index is 13.9. The van der Waals surface area contributed by atoms with Gasteiger partial charge in [-0.15, -0.1) is 0 Å². The van der Waals surface area contributed by atoms with Crippen molar-refractivity contribution in [3.63, 3.8) is 0 Å². The molecule has 1 aliphatic heterocycles. The first-order valence-corrected chi connectivity index (χ1v) is 7.31. The minimum atomic E-state index is -0.618. The molecule has 3 rings (SSSR count). The van der Waals surface area contributed by atoms with Crippen molar-refractivity contribution in [2.75, 3.05) is 11.4 Å². The second-order valence-electron chi connectivity index (χ2n) is 4.90. The molecule has 1 aliphatic rings. The van der Waals surface area contributed by atoms with Crippen molar-refractivity contribution in [2.24, 2.45) is 0 Å². The van der Waals surface area contributed by atoms with Gasteiger partial charge >= 0.3 is 0 Å². The van der Waals surface area contributed by atoms with Crippen LogP contribution in [0.3, 0.4) is 0 Å². The molecule has 0 aromatic heterocycles. The predicted molar refractivity (Wildman–Crippen MR) is 82.6 cm³/mol. The molecule has 1 amide bonds. The third-order valence-electron chi connectivity index (χ3n) is 3.58. The van der Waals surface area contributed by atoms with E-state index in [1.165, 1.54) is 35.2 Å². The summed E-state index contributed by atoms with van der Waals surface area (Å²) in [5.74, 6) is -1.12. The smallest absolute Gasteiger partial charge is 0.271 e. The number of nitrogens with zero attached hydrogens (tertiary/aromatic N) is 2. The molecule has 0 spiro atoms. The highest BCUT2D eigenvalue weighted by molar-refractivity contribution is 9.10. The number of hydrogen-bond acceptors (Lipinski definition) is 3. The number of fused-ring (bicyclic) bond motifs is 1. The van der Waals surface area contributed by atoms with Crippen molar-refractivity contribution in [3.05, 3.63) is 67.9 Å². The summed E-state index contributed by atoms with van der Waals surface area (Å²) < 4.78 is 14.5. The van der Waals surface area contributed by atoms with Crippen LogP contribution in [0.1, 0.15) is 15.9 Å². The Bertz CT molecular complexity index is 794. The fourth-order valence-electron chi connectivity index (χ4n) is 2.50. The molecule has 0 saturated carbocycles. The predicted octanol–water partition coefficient (Wildman–Crippen LogP) is 3.70. The van der Waals surface area contributed by atoms with Gasteiger partial charge < -0.3 is 4.90 Å². The van der Waals surface area contributed by atoms with Gasteiger partial charge in [0.15, 0.2) is 0 Å². The molecule has 112 valence electrons. The zero-order valence-corrected chi connectivity index (χ0v) is 12.8. The Labute approximate surface area is 133 Å². The summed E-state index contributed by atoms with van der Waals surface area (Å²) in [5, 5.41) is 10.9. The minimum absolute atomic E-state index is 0.0614. The number of amides is 1. The summed E-state index contributed by atoms with van der Waals surface area (Å²) in [7, 11) is 0. The Morgan fingerprint density at radius 3 is 2.77 bits per heavy atom. The van der Waals surface area contributed by atoms with E-state index in [1.807, 2.05) is 0 Å². The second-order valence-corrected chi connectivity index (χ2v) is 5.82. The molecule has 1 heterocycles. The van der Waals surface area contributed by atoms with E-state index in [2.05, 4.69) is 15.9 Å². The Kier molecular flexibility index (Phi) is 3.66. The Morgan fingerprint density at radius 1 is 1.27 bits per heavy atom. The number of benzene rings is 2. The Balaban J connectivity index is 2.02. The van der Waals surface area contributed by atoms with E-state index >= 15 is 0 Å². The molecule has 0 atom stereocenters. The molecule has 0 N–H and O–H groups in total. The molecule has 0 unspecified atom stereocenters. The normalized spacial score (nSPS) is 13.1. The standard InChI is InChI=1S/C15H10BrFN2O3/c16-10-2-4-13(17)12(7-10)15(20)18-6-5-9-1-3-11(19(21)22)8-14(9)18/h1-4,7-8H,5-6H2. The quantitative estimate of drug-likeness (QED) is 0.602. The van der Waals surface area contributed by atoms with Gasteiger partial charge in [-0.2, -0.15) is 0 Å². The number of hydrogen-bond donors (Lipinski definition) is 0. The van der Waals surface area contributed by atoms with Gasteiger partial charge in [-0.3, -0.25) is 14.9 Å². The van der Waals surface area contributed by atoms with Crippen LogP contribution in [0.4, 0.5) is 15.8 Å². The van der Waals surface area contributed by atoms with E-state index in [9.17, 15) is 19.3 Å². The van der Waals surface area contributed by atoms with Crippen LogP contribution in [-0.4, -0.2) is 17.4 Å². The van der Waals surface area contributed by atoms with Crippen LogP contribution in [0, 0.1) is 15.9 Å². The van der Waals surface area contributed by atoms with Crippen molar-refractivity contribution < 1.29 is 14.1 Å². The summed E-state index contributed by atoms with van der Waals surface area (Å²) >= 11 is 3.21. The van der Waals surface area contributed by atoms with Crippen LogP contribution < -0.4 is 4.90 Å². The van der Waals surface area contributed by atoms with Gasteiger partial charge in [-0.05, 0) is 30.2 Å². The highest BCUT2D eigenvalue weighted by Gasteiger charge is 2.29. The lowest BCUT2D eigenvalue weighted by molar-refractivity contribution is -0.384. The number of anilines is 1. The summed E-state index contributed by atoms with van der Waals surface area (Å²) in [5.41, 5.74) is 1.16. The first-order chi connectivity index (χ1) is 10.5. The largest absolute Gasteiger partial charge is 0.307 e.